The normalized spacial score (nSPS) is 32.0. The van der Waals surface area contributed by atoms with Crippen molar-refractivity contribution in [2.45, 2.75) is 31.0 Å². The number of ether oxygens (including phenoxy) is 1. The summed E-state index contributed by atoms with van der Waals surface area (Å²) in [6, 6.07) is 0. The molecule has 22 heavy (non-hydrogen) atoms. The van der Waals surface area contributed by atoms with Gasteiger partial charge in [0.25, 0.3) is 0 Å². The van der Waals surface area contributed by atoms with E-state index in [4.69, 9.17) is 16.2 Å². The van der Waals surface area contributed by atoms with Crippen LogP contribution in [0.1, 0.15) is 13.2 Å². The quantitative estimate of drug-likeness (QED) is 0.396. The Kier molecular flexibility index (Phi) is 3.68. The molecule has 1 aliphatic rings. The fraction of sp³-hybridized carbons (Fsp3) is 0.500. The molecule has 0 spiro atoms. The van der Waals surface area contributed by atoms with Crippen LogP contribution in [0.5, 0.6) is 0 Å². The summed E-state index contributed by atoms with van der Waals surface area (Å²) >= 11 is 2.06. The highest BCUT2D eigenvalue weighted by atomic mass is 127. The summed E-state index contributed by atoms with van der Waals surface area (Å²) in [5.74, 6) is 0.222. The van der Waals surface area contributed by atoms with Crippen LogP contribution in [-0.2, 0) is 4.74 Å². The van der Waals surface area contributed by atoms with Gasteiger partial charge in [-0.1, -0.05) is 0 Å². The third-order valence-corrected chi connectivity index (χ3v) is 4.68. The molecule has 0 aromatic carbocycles. The Morgan fingerprint density at radius 2 is 2.14 bits per heavy atom. The fourth-order valence-electron chi connectivity index (χ4n) is 2.72. The molecule has 10 heteroatoms. The Morgan fingerprint density at radius 3 is 2.73 bits per heavy atom. The lowest BCUT2D eigenvalue weighted by Crippen LogP contribution is -2.44. The first kappa shape index (κ1) is 15.7. The second kappa shape index (κ2) is 5.16. The van der Waals surface area contributed by atoms with E-state index in [1.165, 1.54) is 6.92 Å². The molecule has 3 rings (SSSR count). The molecule has 4 atom stereocenters. The number of aliphatic hydroxyl groups excluding tert-OH is 2. The Morgan fingerprint density at radius 1 is 1.45 bits per heavy atom. The molecule has 9 nitrogen and oxygen atoms in total. The second-order valence-electron chi connectivity index (χ2n) is 5.43. The van der Waals surface area contributed by atoms with Crippen LogP contribution in [0.3, 0.4) is 0 Å². The molecule has 3 heterocycles. The molecule has 0 saturated carbocycles. The largest absolute Gasteiger partial charge is 0.394 e. The number of hydrogen-bond acceptors (Lipinski definition) is 8. The van der Waals surface area contributed by atoms with Crippen LogP contribution in [0.15, 0.2) is 6.20 Å². The Bertz CT molecular complexity index is 734. The van der Waals surface area contributed by atoms with Crippen LogP contribution in [0.25, 0.3) is 11.0 Å². The molecule has 0 bridgehead atoms. The van der Waals surface area contributed by atoms with Crippen LogP contribution in [-0.4, -0.2) is 54.3 Å². The van der Waals surface area contributed by atoms with Crippen molar-refractivity contribution in [2.75, 3.05) is 18.1 Å². The van der Waals surface area contributed by atoms with E-state index in [2.05, 4.69) is 32.6 Å². The van der Waals surface area contributed by atoms with E-state index in [0.717, 1.165) is 3.57 Å². The van der Waals surface area contributed by atoms with E-state index in [9.17, 15) is 15.3 Å². The van der Waals surface area contributed by atoms with Crippen LogP contribution in [0, 0.1) is 3.57 Å². The van der Waals surface area contributed by atoms with Crippen molar-refractivity contribution in [3.8, 4) is 0 Å². The smallest absolute Gasteiger partial charge is 0.223 e. The number of nitrogens with two attached hydrogens (primary N) is 2. The lowest BCUT2D eigenvalue weighted by Gasteiger charge is -2.27. The predicted molar refractivity (Wildman–Crippen MR) is 86.7 cm³/mol. The van der Waals surface area contributed by atoms with Crippen molar-refractivity contribution >= 4 is 45.4 Å². The monoisotopic (exact) mass is 421 g/mol. The summed E-state index contributed by atoms with van der Waals surface area (Å²) in [4.78, 5) is 8.07. The van der Waals surface area contributed by atoms with E-state index in [0.29, 0.717) is 11.0 Å². The van der Waals surface area contributed by atoms with Gasteiger partial charge in [0.2, 0.25) is 5.95 Å². The van der Waals surface area contributed by atoms with Gasteiger partial charge in [0.15, 0.2) is 11.9 Å². The number of nitrogen functional groups attached to an aromatic ring is 2. The molecule has 0 unspecified atom stereocenters. The number of rotatable bonds is 2. The highest BCUT2D eigenvalue weighted by molar-refractivity contribution is 14.1. The standard InChI is InChI=1S/C12H16IN5O4/c1-12(21)7(20)5(3-19)22-10(12)18-2-4(13)6-8(14)16-11(15)17-9(6)18/h2,5,7,10,19-21H,3H2,1H3,(H4,14,15,16,17)/t5-,7-,10-,12-/m1/s1. The minimum Gasteiger partial charge on any atom is -0.394 e. The molecule has 120 valence electrons. The lowest BCUT2D eigenvalue weighted by molar-refractivity contribution is -0.0948. The van der Waals surface area contributed by atoms with E-state index in [-0.39, 0.29) is 11.8 Å². The number of fused-ring (bicyclic) bond motifs is 1. The molecule has 2 aromatic rings. The van der Waals surface area contributed by atoms with E-state index in [1.807, 2.05) is 0 Å². The molecule has 1 fully saturated rings. The first-order valence-corrected chi connectivity index (χ1v) is 7.61. The molecule has 1 saturated heterocycles. The van der Waals surface area contributed by atoms with Crippen LogP contribution in [0.2, 0.25) is 0 Å². The average molecular weight is 421 g/mol. The molecule has 0 amide bonds. The minimum atomic E-state index is -1.61. The van der Waals surface area contributed by atoms with Gasteiger partial charge in [0.05, 0.1) is 12.0 Å². The molecule has 1 aliphatic heterocycles. The summed E-state index contributed by atoms with van der Waals surface area (Å²) in [6.45, 7) is 1.02. The summed E-state index contributed by atoms with van der Waals surface area (Å²) in [7, 11) is 0. The first-order chi connectivity index (χ1) is 10.3. The zero-order chi connectivity index (χ0) is 16.2. The zero-order valence-electron chi connectivity index (χ0n) is 11.6. The molecular formula is C12H16IN5O4. The van der Waals surface area contributed by atoms with Gasteiger partial charge < -0.3 is 36.1 Å². The zero-order valence-corrected chi connectivity index (χ0v) is 13.8. The number of halogens is 1. The number of nitrogens with zero attached hydrogens (tertiary/aromatic N) is 3. The molecule has 0 radical (unpaired) electrons. The van der Waals surface area contributed by atoms with Crippen LogP contribution in [0.4, 0.5) is 11.8 Å². The lowest BCUT2D eigenvalue weighted by atomic mass is 9.96. The summed E-state index contributed by atoms with van der Waals surface area (Å²) in [5.41, 5.74) is 10.3. The first-order valence-electron chi connectivity index (χ1n) is 6.53. The maximum atomic E-state index is 10.6. The van der Waals surface area contributed by atoms with Crippen molar-refractivity contribution in [1.82, 2.24) is 14.5 Å². The van der Waals surface area contributed by atoms with E-state index < -0.39 is 30.6 Å². The van der Waals surface area contributed by atoms with Gasteiger partial charge >= 0.3 is 0 Å². The van der Waals surface area contributed by atoms with Gasteiger partial charge in [0.1, 0.15) is 23.6 Å². The Hall–Kier alpha value is -1.21. The van der Waals surface area contributed by atoms with Gasteiger partial charge in [-0.2, -0.15) is 9.97 Å². The van der Waals surface area contributed by atoms with Crippen molar-refractivity contribution in [3.05, 3.63) is 9.77 Å². The molecule has 0 aliphatic carbocycles. The Labute approximate surface area is 139 Å². The van der Waals surface area contributed by atoms with Crippen molar-refractivity contribution in [1.29, 1.82) is 0 Å². The molecular weight excluding hydrogens is 405 g/mol. The van der Waals surface area contributed by atoms with Crippen LogP contribution >= 0.6 is 22.6 Å². The van der Waals surface area contributed by atoms with Gasteiger partial charge in [-0.25, -0.2) is 0 Å². The van der Waals surface area contributed by atoms with Crippen molar-refractivity contribution < 1.29 is 20.1 Å². The highest BCUT2D eigenvalue weighted by Crippen LogP contribution is 2.41. The fourth-order valence-corrected chi connectivity index (χ4v) is 3.53. The second-order valence-corrected chi connectivity index (χ2v) is 6.59. The predicted octanol–water partition coefficient (Wildman–Crippen LogP) is -0.798. The van der Waals surface area contributed by atoms with Crippen molar-refractivity contribution in [3.63, 3.8) is 0 Å². The topological polar surface area (TPSA) is 153 Å². The third kappa shape index (κ3) is 2.13. The van der Waals surface area contributed by atoms with Gasteiger partial charge in [0, 0.05) is 9.77 Å². The summed E-state index contributed by atoms with van der Waals surface area (Å²) in [6.07, 6.45) is -1.40. The van der Waals surface area contributed by atoms with Gasteiger partial charge in [-0.15, -0.1) is 0 Å². The highest BCUT2D eigenvalue weighted by Gasteiger charge is 2.53. The van der Waals surface area contributed by atoms with Crippen LogP contribution < -0.4 is 11.5 Å². The van der Waals surface area contributed by atoms with Gasteiger partial charge in [-0.3, -0.25) is 0 Å². The van der Waals surface area contributed by atoms with E-state index in [1.54, 1.807) is 10.8 Å². The third-order valence-electron chi connectivity index (χ3n) is 3.86. The summed E-state index contributed by atoms with van der Waals surface area (Å²) in [5, 5.41) is 30.5. The van der Waals surface area contributed by atoms with E-state index >= 15 is 0 Å². The maximum absolute atomic E-state index is 10.6. The minimum absolute atomic E-state index is 0.00218. The maximum Gasteiger partial charge on any atom is 0.223 e. The average Bonchev–Trinajstić information content (AvgIpc) is 2.86. The number of aliphatic hydroxyl groups is 3. The SMILES string of the molecule is C[C@@]1(O)[C@H](O)[C@@H](CO)O[C@H]1n1cc(I)c2c(N)nc(N)nc21. The Balaban J connectivity index is 2.19. The number of hydrogen-bond donors (Lipinski definition) is 5. The molecule has 2 aromatic heterocycles. The van der Waals surface area contributed by atoms with Crippen molar-refractivity contribution in [2.24, 2.45) is 0 Å². The summed E-state index contributed by atoms with van der Waals surface area (Å²) < 4.78 is 7.89. The molecule has 7 N–H and O–H groups in total. The number of aromatic nitrogens is 3. The van der Waals surface area contributed by atoms with Gasteiger partial charge in [-0.05, 0) is 29.5 Å². The number of anilines is 2.